The number of fused-ring (bicyclic) bond motifs is 1. The zero-order valence-corrected chi connectivity index (χ0v) is 15.2. The molecule has 0 atom stereocenters. The number of hydrogen-bond donors (Lipinski definition) is 2. The SMILES string of the molecule is S=C(NCc1ccco1)Nc1ccc2nc(N3CCOCC3)sc2c1. The molecule has 0 spiro atoms. The van der Waals surface area contributed by atoms with Gasteiger partial charge in [0.05, 0.1) is 36.2 Å². The Kier molecular flexibility index (Phi) is 4.82. The van der Waals surface area contributed by atoms with Crippen molar-refractivity contribution < 1.29 is 9.15 Å². The lowest BCUT2D eigenvalue weighted by atomic mass is 10.3. The van der Waals surface area contributed by atoms with Crippen molar-refractivity contribution in [3.63, 3.8) is 0 Å². The van der Waals surface area contributed by atoms with Crippen LogP contribution in [0.15, 0.2) is 41.0 Å². The lowest BCUT2D eigenvalue weighted by molar-refractivity contribution is 0.122. The largest absolute Gasteiger partial charge is 0.467 e. The number of thiazole rings is 1. The van der Waals surface area contributed by atoms with Gasteiger partial charge in [0.15, 0.2) is 10.2 Å². The average molecular weight is 374 g/mol. The predicted molar refractivity (Wildman–Crippen MR) is 104 cm³/mol. The van der Waals surface area contributed by atoms with Crippen LogP contribution in [0, 0.1) is 0 Å². The van der Waals surface area contributed by atoms with Crippen molar-refractivity contribution in [1.29, 1.82) is 0 Å². The molecule has 8 heteroatoms. The summed E-state index contributed by atoms with van der Waals surface area (Å²) in [5.74, 6) is 0.845. The first-order valence-corrected chi connectivity index (χ1v) is 9.31. The minimum atomic E-state index is 0.558. The summed E-state index contributed by atoms with van der Waals surface area (Å²) in [6.45, 7) is 3.87. The maximum Gasteiger partial charge on any atom is 0.186 e. The molecule has 1 fully saturated rings. The van der Waals surface area contributed by atoms with Crippen molar-refractivity contribution in [2.45, 2.75) is 6.54 Å². The normalized spacial score (nSPS) is 14.6. The standard InChI is InChI=1S/C17H18N4O2S2/c24-16(18-11-13-2-1-7-23-13)19-12-3-4-14-15(10-12)25-17(20-14)21-5-8-22-9-6-21/h1-4,7,10H,5-6,8-9,11H2,(H2,18,19,24). The zero-order valence-electron chi connectivity index (χ0n) is 13.5. The maximum absolute atomic E-state index is 5.41. The van der Waals surface area contributed by atoms with Gasteiger partial charge in [0.2, 0.25) is 0 Å². The van der Waals surface area contributed by atoms with E-state index in [1.165, 1.54) is 0 Å². The summed E-state index contributed by atoms with van der Waals surface area (Å²) in [7, 11) is 0. The number of nitrogens with one attached hydrogen (secondary N) is 2. The fourth-order valence-electron chi connectivity index (χ4n) is 2.64. The van der Waals surface area contributed by atoms with Gasteiger partial charge in [0.1, 0.15) is 5.76 Å². The highest BCUT2D eigenvalue weighted by Crippen LogP contribution is 2.31. The summed E-state index contributed by atoms with van der Waals surface area (Å²) < 4.78 is 11.8. The van der Waals surface area contributed by atoms with Gasteiger partial charge in [-0.05, 0) is 42.5 Å². The molecule has 1 saturated heterocycles. The van der Waals surface area contributed by atoms with Gasteiger partial charge in [0.25, 0.3) is 0 Å². The van der Waals surface area contributed by atoms with Crippen LogP contribution in [0.4, 0.5) is 10.8 Å². The van der Waals surface area contributed by atoms with Crippen molar-refractivity contribution in [2.75, 3.05) is 36.5 Å². The molecular formula is C17H18N4O2S2. The molecule has 0 radical (unpaired) electrons. The van der Waals surface area contributed by atoms with Gasteiger partial charge in [-0.15, -0.1) is 0 Å². The van der Waals surface area contributed by atoms with Crippen LogP contribution in [0.2, 0.25) is 0 Å². The van der Waals surface area contributed by atoms with Gasteiger partial charge in [0, 0.05) is 18.8 Å². The molecule has 2 aromatic heterocycles. The quantitative estimate of drug-likeness (QED) is 0.680. The van der Waals surface area contributed by atoms with Crippen LogP contribution in [0.3, 0.4) is 0 Å². The third kappa shape index (κ3) is 3.92. The number of benzene rings is 1. The summed E-state index contributed by atoms with van der Waals surface area (Å²) in [6, 6.07) is 9.86. The lowest BCUT2D eigenvalue weighted by Gasteiger charge is -2.25. The second kappa shape index (κ2) is 7.38. The van der Waals surface area contributed by atoms with Gasteiger partial charge in [-0.1, -0.05) is 11.3 Å². The molecule has 6 nitrogen and oxygen atoms in total. The molecule has 2 N–H and O–H groups in total. The molecule has 1 aromatic carbocycles. The first-order chi connectivity index (χ1) is 12.3. The Morgan fingerprint density at radius 1 is 1.28 bits per heavy atom. The van der Waals surface area contributed by atoms with Crippen LogP contribution in [0.25, 0.3) is 10.2 Å². The van der Waals surface area contributed by atoms with Crippen LogP contribution in [0.1, 0.15) is 5.76 Å². The Morgan fingerprint density at radius 3 is 2.96 bits per heavy atom. The second-order valence-electron chi connectivity index (χ2n) is 5.67. The van der Waals surface area contributed by atoms with Crippen LogP contribution < -0.4 is 15.5 Å². The number of ether oxygens (including phenoxy) is 1. The summed E-state index contributed by atoms with van der Waals surface area (Å²) >= 11 is 7.04. The molecule has 0 unspecified atom stereocenters. The molecule has 0 bridgehead atoms. The topological polar surface area (TPSA) is 62.6 Å². The number of morpholine rings is 1. The zero-order chi connectivity index (χ0) is 17.1. The van der Waals surface area contributed by atoms with E-state index in [1.807, 2.05) is 24.3 Å². The van der Waals surface area contributed by atoms with E-state index in [0.29, 0.717) is 11.7 Å². The second-order valence-corrected chi connectivity index (χ2v) is 7.08. The van der Waals surface area contributed by atoms with Gasteiger partial charge in [-0.2, -0.15) is 0 Å². The Hall–Kier alpha value is -2.16. The summed E-state index contributed by atoms with van der Waals surface area (Å²) in [5, 5.41) is 7.95. The van der Waals surface area contributed by atoms with Crippen molar-refractivity contribution >= 4 is 49.7 Å². The number of anilines is 2. The van der Waals surface area contributed by atoms with Crippen molar-refractivity contribution in [1.82, 2.24) is 10.3 Å². The van der Waals surface area contributed by atoms with Gasteiger partial charge in [-0.25, -0.2) is 4.98 Å². The fourth-order valence-corrected chi connectivity index (χ4v) is 3.88. The van der Waals surface area contributed by atoms with Crippen LogP contribution in [-0.2, 0) is 11.3 Å². The maximum atomic E-state index is 5.41. The van der Waals surface area contributed by atoms with Gasteiger partial charge in [-0.3, -0.25) is 0 Å². The number of nitrogens with zero attached hydrogens (tertiary/aromatic N) is 2. The monoisotopic (exact) mass is 374 g/mol. The molecule has 0 aliphatic carbocycles. The number of hydrogen-bond acceptors (Lipinski definition) is 6. The van der Waals surface area contributed by atoms with E-state index in [2.05, 4.69) is 21.6 Å². The van der Waals surface area contributed by atoms with Crippen LogP contribution in [0.5, 0.6) is 0 Å². The molecular weight excluding hydrogens is 356 g/mol. The van der Waals surface area contributed by atoms with Crippen molar-refractivity contribution in [2.24, 2.45) is 0 Å². The number of aromatic nitrogens is 1. The first-order valence-electron chi connectivity index (χ1n) is 8.08. The molecule has 1 aliphatic heterocycles. The first kappa shape index (κ1) is 16.3. The minimum absolute atomic E-state index is 0.558. The molecule has 3 heterocycles. The van der Waals surface area contributed by atoms with E-state index < -0.39 is 0 Å². The van der Waals surface area contributed by atoms with Crippen LogP contribution >= 0.6 is 23.6 Å². The van der Waals surface area contributed by atoms with E-state index in [-0.39, 0.29) is 0 Å². The van der Waals surface area contributed by atoms with E-state index in [1.54, 1.807) is 17.6 Å². The van der Waals surface area contributed by atoms with Crippen molar-refractivity contribution in [3.8, 4) is 0 Å². The minimum Gasteiger partial charge on any atom is -0.467 e. The third-order valence-corrected chi connectivity index (χ3v) is 5.25. The van der Waals surface area contributed by atoms with Gasteiger partial charge >= 0.3 is 0 Å². The average Bonchev–Trinajstić information content (AvgIpc) is 3.30. The molecule has 4 rings (SSSR count). The Bertz CT molecular complexity index is 857. The highest BCUT2D eigenvalue weighted by atomic mass is 32.1. The number of rotatable bonds is 4. The highest BCUT2D eigenvalue weighted by molar-refractivity contribution is 7.80. The van der Waals surface area contributed by atoms with E-state index in [4.69, 9.17) is 26.4 Å². The molecule has 3 aromatic rings. The Labute approximate surface area is 154 Å². The number of thiocarbonyl (C=S) groups is 1. The summed E-state index contributed by atoms with van der Waals surface area (Å²) in [5.41, 5.74) is 1.95. The molecule has 0 amide bonds. The molecule has 130 valence electrons. The third-order valence-electron chi connectivity index (χ3n) is 3.92. The molecule has 0 saturated carbocycles. The Morgan fingerprint density at radius 2 is 2.16 bits per heavy atom. The summed E-state index contributed by atoms with van der Waals surface area (Å²) in [6.07, 6.45) is 1.65. The van der Waals surface area contributed by atoms with E-state index in [9.17, 15) is 0 Å². The molecule has 1 aliphatic rings. The molecule has 25 heavy (non-hydrogen) atoms. The fraction of sp³-hybridized carbons (Fsp3) is 0.294. The summed E-state index contributed by atoms with van der Waals surface area (Å²) in [4.78, 5) is 7.00. The highest BCUT2D eigenvalue weighted by Gasteiger charge is 2.15. The van der Waals surface area contributed by atoms with Gasteiger partial charge < -0.3 is 24.7 Å². The van der Waals surface area contributed by atoms with E-state index >= 15 is 0 Å². The Balaban J connectivity index is 1.42. The smallest absolute Gasteiger partial charge is 0.186 e. The lowest BCUT2D eigenvalue weighted by Crippen LogP contribution is -2.36. The predicted octanol–water partition coefficient (Wildman–Crippen LogP) is 3.21. The van der Waals surface area contributed by atoms with Crippen LogP contribution in [-0.4, -0.2) is 36.4 Å². The van der Waals surface area contributed by atoms with Crippen molar-refractivity contribution in [3.05, 3.63) is 42.4 Å². The van der Waals surface area contributed by atoms with E-state index in [0.717, 1.165) is 53.1 Å². The number of furan rings is 1.